The number of nitrogens with zero attached hydrogens (tertiary/aromatic N) is 6. The number of hydrogen-bond acceptors (Lipinski definition) is 6. The first kappa shape index (κ1) is 13.3. The van der Waals surface area contributed by atoms with Gasteiger partial charge in [0, 0.05) is 25.8 Å². The molecule has 20 heavy (non-hydrogen) atoms. The van der Waals surface area contributed by atoms with E-state index in [1.807, 2.05) is 13.1 Å². The predicted octanol–water partition coefficient (Wildman–Crippen LogP) is 1.85. The molecular formula is C12H16BrN7. The van der Waals surface area contributed by atoms with Crippen molar-refractivity contribution in [1.82, 2.24) is 24.7 Å². The summed E-state index contributed by atoms with van der Waals surface area (Å²) < 4.78 is 2.54. The Morgan fingerprint density at radius 2 is 1.95 bits per heavy atom. The zero-order valence-corrected chi connectivity index (χ0v) is 12.8. The third-order valence-corrected chi connectivity index (χ3v) is 3.50. The minimum Gasteiger partial charge on any atom is -0.354 e. The largest absolute Gasteiger partial charge is 0.354 e. The van der Waals surface area contributed by atoms with Crippen LogP contribution >= 0.6 is 15.9 Å². The molecule has 0 spiro atoms. The second kappa shape index (κ2) is 5.74. The van der Waals surface area contributed by atoms with Gasteiger partial charge >= 0.3 is 0 Å². The van der Waals surface area contributed by atoms with Crippen molar-refractivity contribution in [3.63, 3.8) is 0 Å². The zero-order valence-electron chi connectivity index (χ0n) is 11.3. The molecule has 3 heterocycles. The summed E-state index contributed by atoms with van der Waals surface area (Å²) in [5.41, 5.74) is 0. The molecule has 1 aliphatic heterocycles. The highest BCUT2D eigenvalue weighted by Crippen LogP contribution is 2.18. The van der Waals surface area contributed by atoms with Gasteiger partial charge in [0.25, 0.3) is 5.95 Å². The summed E-state index contributed by atoms with van der Waals surface area (Å²) in [6.07, 6.45) is 5.92. The fourth-order valence-corrected chi connectivity index (χ4v) is 2.45. The Balaban J connectivity index is 1.99. The van der Waals surface area contributed by atoms with Crippen LogP contribution in [0.15, 0.2) is 16.9 Å². The molecule has 2 aromatic heterocycles. The Labute approximate surface area is 125 Å². The van der Waals surface area contributed by atoms with Gasteiger partial charge in [-0.15, -0.1) is 0 Å². The molecule has 0 aromatic carbocycles. The summed E-state index contributed by atoms with van der Waals surface area (Å²) in [4.78, 5) is 15.6. The van der Waals surface area contributed by atoms with Crippen LogP contribution < -0.4 is 10.2 Å². The SMILES string of the molecule is CCNc1nc(N2CCCC2)nc(-n2cc(Br)cn2)n1. The van der Waals surface area contributed by atoms with Gasteiger partial charge in [0.2, 0.25) is 11.9 Å². The Bertz CT molecular complexity index is 591. The van der Waals surface area contributed by atoms with Crippen LogP contribution in [0, 0.1) is 0 Å². The van der Waals surface area contributed by atoms with Crippen LogP contribution in [0.2, 0.25) is 0 Å². The Hall–Kier alpha value is -1.70. The van der Waals surface area contributed by atoms with Gasteiger partial charge in [-0.2, -0.15) is 20.1 Å². The highest BCUT2D eigenvalue weighted by atomic mass is 79.9. The quantitative estimate of drug-likeness (QED) is 0.917. The minimum atomic E-state index is 0.531. The van der Waals surface area contributed by atoms with Crippen molar-refractivity contribution in [3.05, 3.63) is 16.9 Å². The van der Waals surface area contributed by atoms with E-state index in [-0.39, 0.29) is 0 Å². The van der Waals surface area contributed by atoms with Gasteiger partial charge in [-0.05, 0) is 35.7 Å². The molecule has 8 heteroatoms. The van der Waals surface area contributed by atoms with Gasteiger partial charge in [0.1, 0.15) is 0 Å². The van der Waals surface area contributed by atoms with Crippen LogP contribution in [0.3, 0.4) is 0 Å². The second-order valence-electron chi connectivity index (χ2n) is 4.59. The number of rotatable bonds is 4. The lowest BCUT2D eigenvalue weighted by molar-refractivity contribution is 0.778. The van der Waals surface area contributed by atoms with Gasteiger partial charge < -0.3 is 10.2 Å². The number of hydrogen-bond donors (Lipinski definition) is 1. The molecule has 0 bridgehead atoms. The maximum atomic E-state index is 4.52. The lowest BCUT2D eigenvalue weighted by Gasteiger charge is -2.16. The molecule has 0 unspecified atom stereocenters. The van der Waals surface area contributed by atoms with E-state index < -0.39 is 0 Å². The van der Waals surface area contributed by atoms with Crippen LogP contribution in [0.4, 0.5) is 11.9 Å². The zero-order chi connectivity index (χ0) is 13.9. The second-order valence-corrected chi connectivity index (χ2v) is 5.50. The summed E-state index contributed by atoms with van der Waals surface area (Å²) in [6.45, 7) is 4.78. The number of halogens is 1. The average molecular weight is 338 g/mol. The Kier molecular flexibility index (Phi) is 3.81. The van der Waals surface area contributed by atoms with Gasteiger partial charge in [-0.25, -0.2) is 4.68 Å². The molecule has 0 saturated carbocycles. The van der Waals surface area contributed by atoms with Crippen LogP contribution in [0.5, 0.6) is 0 Å². The molecule has 1 N–H and O–H groups in total. The molecule has 1 fully saturated rings. The fraction of sp³-hybridized carbons (Fsp3) is 0.500. The highest BCUT2D eigenvalue weighted by Gasteiger charge is 2.18. The lowest BCUT2D eigenvalue weighted by atomic mass is 10.4. The molecule has 3 rings (SSSR count). The highest BCUT2D eigenvalue weighted by molar-refractivity contribution is 9.10. The van der Waals surface area contributed by atoms with Crippen molar-refractivity contribution >= 4 is 27.8 Å². The van der Waals surface area contributed by atoms with Crippen molar-refractivity contribution in [2.75, 3.05) is 29.9 Å². The van der Waals surface area contributed by atoms with Crippen molar-refractivity contribution in [1.29, 1.82) is 0 Å². The molecule has 1 saturated heterocycles. The van der Waals surface area contributed by atoms with Crippen LogP contribution in [-0.2, 0) is 0 Å². The van der Waals surface area contributed by atoms with Gasteiger partial charge in [-0.1, -0.05) is 0 Å². The van der Waals surface area contributed by atoms with Crippen LogP contribution in [0.1, 0.15) is 19.8 Å². The standard InChI is InChI=1S/C12H16BrN7/c1-2-14-10-16-11(19-5-3-4-6-19)18-12(17-10)20-8-9(13)7-15-20/h7-8H,2-6H2,1H3,(H,14,16,17,18). The molecule has 7 nitrogen and oxygen atoms in total. The number of anilines is 2. The molecule has 1 aliphatic rings. The van der Waals surface area contributed by atoms with Crippen LogP contribution in [0.25, 0.3) is 5.95 Å². The predicted molar refractivity (Wildman–Crippen MR) is 80.3 cm³/mol. The normalized spacial score (nSPS) is 14.8. The summed E-state index contributed by atoms with van der Waals surface area (Å²) in [5.74, 6) is 1.84. The van der Waals surface area contributed by atoms with Crippen LogP contribution in [-0.4, -0.2) is 44.4 Å². The molecule has 0 aliphatic carbocycles. The topological polar surface area (TPSA) is 71.8 Å². The van der Waals surface area contributed by atoms with Crippen molar-refractivity contribution in [2.24, 2.45) is 0 Å². The van der Waals surface area contributed by atoms with Gasteiger partial charge in [0.05, 0.1) is 10.7 Å². The molecule has 0 radical (unpaired) electrons. The van der Waals surface area contributed by atoms with E-state index in [4.69, 9.17) is 0 Å². The lowest BCUT2D eigenvalue weighted by Crippen LogP contribution is -2.22. The summed E-state index contributed by atoms with van der Waals surface area (Å²) >= 11 is 3.38. The van der Waals surface area contributed by atoms with E-state index in [2.05, 4.69) is 46.2 Å². The van der Waals surface area contributed by atoms with E-state index in [0.29, 0.717) is 11.9 Å². The number of nitrogens with one attached hydrogen (secondary N) is 1. The summed E-state index contributed by atoms with van der Waals surface area (Å²) in [6, 6.07) is 0. The first-order valence-electron chi connectivity index (χ1n) is 6.71. The third kappa shape index (κ3) is 2.74. The average Bonchev–Trinajstić information content (AvgIpc) is 3.09. The van der Waals surface area contributed by atoms with Crippen molar-refractivity contribution in [2.45, 2.75) is 19.8 Å². The molecule has 0 amide bonds. The van der Waals surface area contributed by atoms with Gasteiger partial charge in [0.15, 0.2) is 0 Å². The van der Waals surface area contributed by atoms with E-state index in [0.717, 1.165) is 30.1 Å². The summed E-state index contributed by atoms with van der Waals surface area (Å²) in [5, 5.41) is 7.37. The number of aromatic nitrogens is 5. The molecule has 0 atom stereocenters. The first-order chi connectivity index (χ1) is 9.76. The van der Waals surface area contributed by atoms with Crippen molar-refractivity contribution in [3.8, 4) is 5.95 Å². The minimum absolute atomic E-state index is 0.531. The van der Waals surface area contributed by atoms with E-state index >= 15 is 0 Å². The van der Waals surface area contributed by atoms with E-state index in [1.165, 1.54) is 12.8 Å². The Morgan fingerprint density at radius 3 is 2.60 bits per heavy atom. The molecule has 106 valence electrons. The maximum Gasteiger partial charge on any atom is 0.257 e. The molecular weight excluding hydrogens is 322 g/mol. The van der Waals surface area contributed by atoms with Crippen molar-refractivity contribution < 1.29 is 0 Å². The monoisotopic (exact) mass is 337 g/mol. The first-order valence-corrected chi connectivity index (χ1v) is 7.51. The van der Waals surface area contributed by atoms with E-state index in [1.54, 1.807) is 10.9 Å². The third-order valence-electron chi connectivity index (χ3n) is 3.09. The smallest absolute Gasteiger partial charge is 0.257 e. The fourth-order valence-electron chi connectivity index (χ4n) is 2.16. The van der Waals surface area contributed by atoms with Gasteiger partial charge in [-0.3, -0.25) is 0 Å². The molecule has 2 aromatic rings. The summed E-state index contributed by atoms with van der Waals surface area (Å²) in [7, 11) is 0. The van der Waals surface area contributed by atoms with E-state index in [9.17, 15) is 0 Å². The maximum absolute atomic E-state index is 4.52. The Morgan fingerprint density at radius 1 is 1.20 bits per heavy atom.